The van der Waals surface area contributed by atoms with Gasteiger partial charge in [-0.25, -0.2) is 4.79 Å². The number of methoxy groups -OCH3 is 1. The second kappa shape index (κ2) is 7.31. The molecule has 1 rings (SSSR count). The molecule has 0 aromatic heterocycles. The van der Waals surface area contributed by atoms with Crippen LogP contribution >= 0.6 is 11.6 Å². The largest absolute Gasteiger partial charge is 0.496 e. The molecule has 0 spiro atoms. The van der Waals surface area contributed by atoms with Crippen LogP contribution < -0.4 is 10.1 Å². The van der Waals surface area contributed by atoms with Crippen molar-refractivity contribution < 1.29 is 19.4 Å². The van der Waals surface area contributed by atoms with Gasteiger partial charge in [0, 0.05) is 10.6 Å². The zero-order valence-corrected chi connectivity index (χ0v) is 13.2. The molecule has 0 aliphatic heterocycles. The summed E-state index contributed by atoms with van der Waals surface area (Å²) in [7, 11) is 1.50. The molecule has 2 N–H and O–H groups in total. The van der Waals surface area contributed by atoms with Crippen LogP contribution in [0.5, 0.6) is 5.75 Å². The summed E-state index contributed by atoms with van der Waals surface area (Å²) in [5.41, 5.74) is -0.614. The summed E-state index contributed by atoms with van der Waals surface area (Å²) < 4.78 is 5.18. The second-order valence-electron chi connectivity index (χ2n) is 4.78. The maximum atomic E-state index is 12.2. The van der Waals surface area contributed by atoms with Crippen LogP contribution in [0, 0.1) is 0 Å². The van der Waals surface area contributed by atoms with Gasteiger partial charge in [0.2, 0.25) is 5.91 Å². The Morgan fingerprint density at radius 1 is 1.33 bits per heavy atom. The predicted octanol–water partition coefficient (Wildman–Crippen LogP) is 2.65. The minimum Gasteiger partial charge on any atom is -0.496 e. The standard InChI is InChI=1S/C15H20ClNO4/c1-4-15(5-2,14(19)20)17-13(18)9-10-8-11(16)6-7-12(10)21-3/h6-8H,4-5,9H2,1-3H3,(H,17,18)(H,19,20). The number of ether oxygens (including phenoxy) is 1. The zero-order valence-electron chi connectivity index (χ0n) is 12.4. The Hall–Kier alpha value is -1.75. The van der Waals surface area contributed by atoms with Crippen LogP contribution in [0.15, 0.2) is 18.2 Å². The summed E-state index contributed by atoms with van der Waals surface area (Å²) in [5.74, 6) is -0.857. The van der Waals surface area contributed by atoms with E-state index in [4.69, 9.17) is 16.3 Å². The first-order valence-electron chi connectivity index (χ1n) is 6.75. The van der Waals surface area contributed by atoms with E-state index < -0.39 is 11.5 Å². The SMILES string of the molecule is CCC(CC)(NC(=O)Cc1cc(Cl)ccc1OC)C(=O)O. The van der Waals surface area contributed by atoms with E-state index in [2.05, 4.69) is 5.32 Å². The number of carboxylic acid groups (broad SMARTS) is 1. The molecule has 6 heteroatoms. The Kier molecular flexibility index (Phi) is 6.03. The van der Waals surface area contributed by atoms with Gasteiger partial charge in [0.25, 0.3) is 0 Å². The molecule has 1 aromatic carbocycles. The van der Waals surface area contributed by atoms with Crippen LogP contribution in [0.25, 0.3) is 0 Å². The highest BCUT2D eigenvalue weighted by atomic mass is 35.5. The summed E-state index contributed by atoms with van der Waals surface area (Å²) in [6.45, 7) is 3.47. The highest BCUT2D eigenvalue weighted by Gasteiger charge is 2.36. The van der Waals surface area contributed by atoms with Gasteiger partial charge in [-0.3, -0.25) is 4.79 Å². The lowest BCUT2D eigenvalue weighted by atomic mass is 9.92. The monoisotopic (exact) mass is 313 g/mol. The normalized spacial score (nSPS) is 11.0. The predicted molar refractivity (Wildman–Crippen MR) is 80.8 cm³/mol. The lowest BCUT2D eigenvalue weighted by molar-refractivity contribution is -0.148. The lowest BCUT2D eigenvalue weighted by Gasteiger charge is -2.28. The van der Waals surface area contributed by atoms with Crippen molar-refractivity contribution in [2.45, 2.75) is 38.6 Å². The van der Waals surface area contributed by atoms with Crippen LogP contribution in [0.3, 0.4) is 0 Å². The number of amides is 1. The highest BCUT2D eigenvalue weighted by molar-refractivity contribution is 6.30. The number of carbonyl (C=O) groups is 2. The molecule has 0 atom stereocenters. The topological polar surface area (TPSA) is 75.6 Å². The minimum atomic E-state index is -1.23. The fourth-order valence-corrected chi connectivity index (χ4v) is 2.35. The highest BCUT2D eigenvalue weighted by Crippen LogP contribution is 2.23. The molecule has 0 unspecified atom stereocenters. The Morgan fingerprint density at radius 3 is 2.43 bits per heavy atom. The van der Waals surface area contributed by atoms with Crippen molar-refractivity contribution in [2.24, 2.45) is 0 Å². The second-order valence-corrected chi connectivity index (χ2v) is 5.21. The molecule has 116 valence electrons. The summed E-state index contributed by atoms with van der Waals surface area (Å²) in [6.07, 6.45) is 0.646. The molecular formula is C15H20ClNO4. The number of hydrogen-bond acceptors (Lipinski definition) is 3. The lowest BCUT2D eigenvalue weighted by Crippen LogP contribution is -2.54. The maximum Gasteiger partial charge on any atom is 0.329 e. The molecule has 0 heterocycles. The number of nitrogens with one attached hydrogen (secondary N) is 1. The summed E-state index contributed by atoms with van der Waals surface area (Å²) in [6, 6.07) is 4.98. The third-order valence-electron chi connectivity index (χ3n) is 3.59. The smallest absolute Gasteiger partial charge is 0.329 e. The average Bonchev–Trinajstić information content (AvgIpc) is 2.44. The molecule has 21 heavy (non-hydrogen) atoms. The molecular weight excluding hydrogens is 294 g/mol. The molecule has 0 radical (unpaired) electrons. The van der Waals surface area contributed by atoms with Crippen LogP contribution in [-0.4, -0.2) is 29.6 Å². The van der Waals surface area contributed by atoms with Gasteiger partial charge in [0.05, 0.1) is 13.5 Å². The summed E-state index contributed by atoms with van der Waals surface area (Å²) >= 11 is 5.91. The molecule has 0 aliphatic carbocycles. The molecule has 0 saturated carbocycles. The Balaban J connectivity index is 2.91. The number of carboxylic acids is 1. The first-order valence-corrected chi connectivity index (χ1v) is 7.13. The van der Waals surface area contributed by atoms with E-state index in [1.807, 2.05) is 0 Å². The zero-order chi connectivity index (χ0) is 16.0. The maximum absolute atomic E-state index is 12.2. The van der Waals surface area contributed by atoms with Crippen LogP contribution in [-0.2, 0) is 16.0 Å². The first-order chi connectivity index (χ1) is 9.88. The molecule has 0 aliphatic rings. The van der Waals surface area contributed by atoms with Gasteiger partial charge >= 0.3 is 5.97 Å². The Morgan fingerprint density at radius 2 is 1.95 bits per heavy atom. The number of rotatable bonds is 7. The van der Waals surface area contributed by atoms with Gasteiger partial charge in [-0.05, 0) is 31.0 Å². The fourth-order valence-electron chi connectivity index (χ4n) is 2.15. The van der Waals surface area contributed by atoms with E-state index in [9.17, 15) is 14.7 Å². The van der Waals surface area contributed by atoms with E-state index >= 15 is 0 Å². The molecule has 5 nitrogen and oxygen atoms in total. The van der Waals surface area contributed by atoms with Crippen LogP contribution in [0.4, 0.5) is 0 Å². The summed E-state index contributed by atoms with van der Waals surface area (Å²) in [4.78, 5) is 23.5. The Bertz CT molecular complexity index is 526. The average molecular weight is 314 g/mol. The summed E-state index contributed by atoms with van der Waals surface area (Å²) in [5, 5.41) is 12.4. The Labute approximate surface area is 129 Å². The number of halogens is 1. The third-order valence-corrected chi connectivity index (χ3v) is 3.82. The van der Waals surface area contributed by atoms with Gasteiger partial charge in [-0.15, -0.1) is 0 Å². The van der Waals surface area contributed by atoms with Crippen molar-refractivity contribution in [1.82, 2.24) is 5.32 Å². The number of benzene rings is 1. The van der Waals surface area contributed by atoms with Gasteiger partial charge < -0.3 is 15.2 Å². The van der Waals surface area contributed by atoms with Gasteiger partial charge in [-0.1, -0.05) is 25.4 Å². The van der Waals surface area contributed by atoms with E-state index in [0.717, 1.165) is 0 Å². The molecule has 0 fully saturated rings. The van der Waals surface area contributed by atoms with Crippen molar-refractivity contribution in [3.8, 4) is 5.75 Å². The molecule has 0 saturated heterocycles. The van der Waals surface area contributed by atoms with Crippen LogP contribution in [0.1, 0.15) is 32.3 Å². The van der Waals surface area contributed by atoms with Crippen molar-refractivity contribution in [2.75, 3.05) is 7.11 Å². The van der Waals surface area contributed by atoms with E-state index in [1.165, 1.54) is 7.11 Å². The van der Waals surface area contributed by atoms with E-state index in [0.29, 0.717) is 29.2 Å². The van der Waals surface area contributed by atoms with E-state index in [-0.39, 0.29) is 12.3 Å². The van der Waals surface area contributed by atoms with Crippen LogP contribution in [0.2, 0.25) is 5.02 Å². The number of carbonyl (C=O) groups excluding carboxylic acids is 1. The van der Waals surface area contributed by atoms with Gasteiger partial charge in [0.15, 0.2) is 0 Å². The minimum absolute atomic E-state index is 0.0127. The number of aliphatic carboxylic acids is 1. The van der Waals surface area contributed by atoms with E-state index in [1.54, 1.807) is 32.0 Å². The fraction of sp³-hybridized carbons (Fsp3) is 0.467. The molecule has 1 aromatic rings. The first kappa shape index (κ1) is 17.3. The third kappa shape index (κ3) is 4.11. The van der Waals surface area contributed by atoms with Crippen molar-refractivity contribution >= 4 is 23.5 Å². The molecule has 1 amide bonds. The van der Waals surface area contributed by atoms with Crippen molar-refractivity contribution in [3.05, 3.63) is 28.8 Å². The van der Waals surface area contributed by atoms with Crippen molar-refractivity contribution in [1.29, 1.82) is 0 Å². The molecule has 0 bridgehead atoms. The van der Waals surface area contributed by atoms with Gasteiger partial charge in [0.1, 0.15) is 11.3 Å². The number of hydrogen-bond donors (Lipinski definition) is 2. The van der Waals surface area contributed by atoms with Crippen molar-refractivity contribution in [3.63, 3.8) is 0 Å². The quantitative estimate of drug-likeness (QED) is 0.811. The van der Waals surface area contributed by atoms with Gasteiger partial charge in [-0.2, -0.15) is 0 Å².